The van der Waals surface area contributed by atoms with Gasteiger partial charge < -0.3 is 15.0 Å². The fourth-order valence-corrected chi connectivity index (χ4v) is 3.45. The molecule has 2 amide bonds. The lowest BCUT2D eigenvalue weighted by Gasteiger charge is -2.38. The molecule has 3 rings (SSSR count). The lowest BCUT2D eigenvalue weighted by molar-refractivity contribution is -0.138. The van der Waals surface area contributed by atoms with Gasteiger partial charge in [0.1, 0.15) is 24.9 Å². The van der Waals surface area contributed by atoms with Gasteiger partial charge in [0, 0.05) is 25.7 Å². The fourth-order valence-electron chi connectivity index (χ4n) is 3.45. The van der Waals surface area contributed by atoms with Crippen molar-refractivity contribution in [2.24, 2.45) is 0 Å². The molecule has 0 radical (unpaired) electrons. The Kier molecular flexibility index (Phi) is 7.41. The quantitative estimate of drug-likeness (QED) is 0.634. The lowest BCUT2D eigenvalue weighted by Crippen LogP contribution is -2.59. The van der Waals surface area contributed by atoms with Crippen molar-refractivity contribution in [1.29, 1.82) is 0 Å². The second-order valence-electron chi connectivity index (χ2n) is 7.71. The first-order chi connectivity index (χ1) is 14.8. The number of aryl methyl sites for hydroxylation is 2. The molecule has 1 unspecified atom stereocenters. The van der Waals surface area contributed by atoms with Gasteiger partial charge in [-0.25, -0.2) is 4.68 Å². The number of benzene rings is 1. The topological polar surface area (TPSA) is 96.8 Å². The van der Waals surface area contributed by atoms with E-state index in [1.165, 1.54) is 6.07 Å². The van der Waals surface area contributed by atoms with Crippen LogP contribution in [0.15, 0.2) is 41.2 Å². The summed E-state index contributed by atoms with van der Waals surface area (Å²) in [6, 6.07) is 10.3. The van der Waals surface area contributed by atoms with Crippen molar-refractivity contribution in [3.8, 4) is 5.75 Å². The van der Waals surface area contributed by atoms with Crippen molar-refractivity contribution in [3.63, 3.8) is 0 Å². The summed E-state index contributed by atoms with van der Waals surface area (Å²) in [5, 5.41) is 7.00. The van der Waals surface area contributed by atoms with E-state index >= 15 is 0 Å². The van der Waals surface area contributed by atoms with Crippen molar-refractivity contribution in [3.05, 3.63) is 58.0 Å². The van der Waals surface area contributed by atoms with Gasteiger partial charge in [0.15, 0.2) is 0 Å². The maximum absolute atomic E-state index is 12.7. The van der Waals surface area contributed by atoms with Crippen LogP contribution in [0.3, 0.4) is 0 Å². The molecule has 166 valence electrons. The summed E-state index contributed by atoms with van der Waals surface area (Å²) in [6.45, 7) is 5.65. The van der Waals surface area contributed by atoms with Crippen LogP contribution in [0, 0.1) is 13.8 Å². The molecule has 2 heterocycles. The minimum atomic E-state index is -0.460. The van der Waals surface area contributed by atoms with E-state index < -0.39 is 6.04 Å². The molecule has 1 aromatic heterocycles. The first-order valence-electron chi connectivity index (χ1n) is 10.3. The molecule has 1 atom stereocenters. The van der Waals surface area contributed by atoms with Crippen LogP contribution in [0.2, 0.25) is 0 Å². The summed E-state index contributed by atoms with van der Waals surface area (Å²) in [7, 11) is 1.86. The minimum absolute atomic E-state index is 0.136. The Balaban J connectivity index is 1.51. The lowest BCUT2D eigenvalue weighted by atomic mass is 10.1. The first-order valence-corrected chi connectivity index (χ1v) is 10.3. The third-order valence-electron chi connectivity index (χ3n) is 5.34. The molecule has 0 saturated carbocycles. The van der Waals surface area contributed by atoms with Gasteiger partial charge in [-0.2, -0.15) is 5.10 Å². The molecule has 9 nitrogen and oxygen atoms in total. The summed E-state index contributed by atoms with van der Waals surface area (Å²) in [4.78, 5) is 40.9. The van der Waals surface area contributed by atoms with Crippen LogP contribution in [0.1, 0.15) is 11.3 Å². The normalized spacial score (nSPS) is 16.7. The molecular weight excluding hydrogens is 398 g/mol. The number of nitrogens with zero attached hydrogens (tertiary/aromatic N) is 4. The number of likely N-dealkylation sites (N-methyl/N-ethyl adjacent to an activating group) is 1. The van der Waals surface area contributed by atoms with E-state index in [0.29, 0.717) is 31.9 Å². The van der Waals surface area contributed by atoms with Gasteiger partial charge in [-0.05, 0) is 38.6 Å². The molecule has 0 bridgehead atoms. The number of hydrogen-bond acceptors (Lipinski definition) is 6. The highest BCUT2D eigenvalue weighted by atomic mass is 16.5. The van der Waals surface area contributed by atoms with E-state index in [-0.39, 0.29) is 30.5 Å². The second kappa shape index (κ2) is 10.2. The van der Waals surface area contributed by atoms with Crippen LogP contribution in [0.5, 0.6) is 5.75 Å². The first kappa shape index (κ1) is 22.5. The number of amides is 2. The molecular formula is C22H29N5O4. The van der Waals surface area contributed by atoms with E-state index in [9.17, 15) is 14.4 Å². The number of nitrogens with one attached hydrogen (secondary N) is 1. The number of piperazine rings is 1. The molecule has 1 saturated heterocycles. The largest absolute Gasteiger partial charge is 0.491 e. The maximum atomic E-state index is 12.7. The Morgan fingerprint density at radius 1 is 1.16 bits per heavy atom. The fraction of sp³-hybridized carbons (Fsp3) is 0.455. The average molecular weight is 428 g/mol. The molecule has 1 fully saturated rings. The Labute approximate surface area is 181 Å². The monoisotopic (exact) mass is 427 g/mol. The zero-order valence-electron chi connectivity index (χ0n) is 18.2. The Morgan fingerprint density at radius 2 is 1.94 bits per heavy atom. The third-order valence-corrected chi connectivity index (χ3v) is 5.34. The van der Waals surface area contributed by atoms with E-state index in [0.717, 1.165) is 16.0 Å². The van der Waals surface area contributed by atoms with Crippen molar-refractivity contribution < 1.29 is 14.3 Å². The summed E-state index contributed by atoms with van der Waals surface area (Å²) in [5.41, 5.74) is 1.38. The predicted octanol–water partition coefficient (Wildman–Crippen LogP) is 0.198. The predicted molar refractivity (Wildman–Crippen MR) is 116 cm³/mol. The van der Waals surface area contributed by atoms with E-state index in [1.807, 2.05) is 43.1 Å². The molecule has 2 aromatic rings. The number of ether oxygens (including phenoxy) is 1. The van der Waals surface area contributed by atoms with Crippen molar-refractivity contribution >= 4 is 11.8 Å². The van der Waals surface area contributed by atoms with Crippen LogP contribution in [0.25, 0.3) is 0 Å². The van der Waals surface area contributed by atoms with Gasteiger partial charge in [0.05, 0.1) is 12.2 Å². The van der Waals surface area contributed by atoms with E-state index in [2.05, 4.69) is 10.4 Å². The number of rotatable bonds is 7. The number of para-hydroxylation sites is 1. The summed E-state index contributed by atoms with van der Waals surface area (Å²) < 4.78 is 6.88. The molecule has 1 N–H and O–H groups in total. The zero-order chi connectivity index (χ0) is 22.4. The van der Waals surface area contributed by atoms with Gasteiger partial charge in [0.25, 0.3) is 5.56 Å². The standard InChI is InChI=1S/C22H29N5O4/c1-16-6-4-5-7-19(16)31-13-10-23-22(30)18-14-26(12-11-25(18)3)21(29)15-27-20(28)9-8-17(2)24-27/h4-9,18H,10-15H2,1-3H3,(H,23,30). The second-order valence-corrected chi connectivity index (χ2v) is 7.71. The molecule has 1 aliphatic rings. The number of hydrogen-bond donors (Lipinski definition) is 1. The van der Waals surface area contributed by atoms with Gasteiger partial charge >= 0.3 is 0 Å². The van der Waals surface area contributed by atoms with E-state index in [1.54, 1.807) is 17.9 Å². The number of carbonyl (C=O) groups excluding carboxylic acids is 2. The molecule has 0 spiro atoms. The Hall–Kier alpha value is -3.20. The highest BCUT2D eigenvalue weighted by molar-refractivity contribution is 5.83. The Bertz CT molecular complexity index is 990. The van der Waals surface area contributed by atoms with Crippen molar-refractivity contribution in [2.45, 2.75) is 26.4 Å². The average Bonchev–Trinajstić information content (AvgIpc) is 2.75. The van der Waals surface area contributed by atoms with Crippen molar-refractivity contribution in [2.75, 3.05) is 39.8 Å². The van der Waals surface area contributed by atoms with Crippen LogP contribution < -0.4 is 15.6 Å². The molecule has 1 aliphatic heterocycles. The maximum Gasteiger partial charge on any atom is 0.267 e. The molecule has 9 heteroatoms. The van der Waals surface area contributed by atoms with Crippen LogP contribution in [-0.2, 0) is 16.1 Å². The SMILES string of the molecule is Cc1ccc(=O)n(CC(=O)N2CCN(C)C(C(=O)NCCOc3ccccc3C)C2)n1. The van der Waals surface area contributed by atoms with Crippen molar-refractivity contribution in [1.82, 2.24) is 24.9 Å². The summed E-state index contributed by atoms with van der Waals surface area (Å²) >= 11 is 0. The minimum Gasteiger partial charge on any atom is -0.491 e. The number of carbonyl (C=O) groups is 2. The summed E-state index contributed by atoms with van der Waals surface area (Å²) in [5.74, 6) is 0.413. The third kappa shape index (κ3) is 5.91. The van der Waals surface area contributed by atoms with Gasteiger partial charge in [0.2, 0.25) is 11.8 Å². The number of aromatic nitrogens is 2. The molecule has 1 aromatic carbocycles. The highest BCUT2D eigenvalue weighted by Gasteiger charge is 2.32. The van der Waals surface area contributed by atoms with Crippen LogP contribution >= 0.6 is 0 Å². The highest BCUT2D eigenvalue weighted by Crippen LogP contribution is 2.15. The van der Waals surface area contributed by atoms with Gasteiger partial charge in [-0.15, -0.1) is 0 Å². The molecule has 31 heavy (non-hydrogen) atoms. The van der Waals surface area contributed by atoms with Gasteiger partial charge in [-0.3, -0.25) is 19.3 Å². The Morgan fingerprint density at radius 3 is 2.71 bits per heavy atom. The van der Waals surface area contributed by atoms with Crippen LogP contribution in [-0.4, -0.2) is 77.3 Å². The van der Waals surface area contributed by atoms with Gasteiger partial charge in [-0.1, -0.05) is 18.2 Å². The smallest absolute Gasteiger partial charge is 0.267 e. The zero-order valence-corrected chi connectivity index (χ0v) is 18.2. The molecule has 0 aliphatic carbocycles. The summed E-state index contributed by atoms with van der Waals surface area (Å²) in [6.07, 6.45) is 0. The van der Waals surface area contributed by atoms with Crippen LogP contribution in [0.4, 0.5) is 0 Å². The van der Waals surface area contributed by atoms with E-state index in [4.69, 9.17) is 4.74 Å².